The zero-order chi connectivity index (χ0) is 14.0. The molecule has 1 amide bonds. The Kier molecular flexibility index (Phi) is 3.80. The van der Waals surface area contributed by atoms with Gasteiger partial charge in [-0.3, -0.25) is 10.1 Å². The quantitative estimate of drug-likeness (QED) is 0.876. The second-order valence-corrected chi connectivity index (χ2v) is 6.03. The van der Waals surface area contributed by atoms with E-state index in [0.717, 1.165) is 11.3 Å². The summed E-state index contributed by atoms with van der Waals surface area (Å²) in [6, 6.07) is 7.76. The predicted octanol–water partition coefficient (Wildman–Crippen LogP) is 2.01. The fourth-order valence-corrected chi connectivity index (χ4v) is 2.16. The number of hydrogen-bond acceptors (Lipinski definition) is 3. The van der Waals surface area contributed by atoms with Gasteiger partial charge in [-0.25, -0.2) is 0 Å². The Morgan fingerprint density at radius 3 is 2.74 bits per heavy atom. The largest absolute Gasteiger partial charge is 0.491 e. The number of rotatable bonds is 3. The summed E-state index contributed by atoms with van der Waals surface area (Å²) in [5.74, 6) is 0.917. The highest BCUT2D eigenvalue weighted by Gasteiger charge is 2.27. The lowest BCUT2D eigenvalue weighted by Crippen LogP contribution is -2.50. The molecule has 2 N–H and O–H groups in total. The summed E-state index contributed by atoms with van der Waals surface area (Å²) in [4.78, 5) is 12.0. The third-order valence-corrected chi connectivity index (χ3v) is 3.04. The molecule has 0 bridgehead atoms. The zero-order valence-corrected chi connectivity index (χ0v) is 12.0. The Labute approximate surface area is 114 Å². The minimum Gasteiger partial charge on any atom is -0.491 e. The van der Waals surface area contributed by atoms with Crippen LogP contribution in [0, 0.1) is 0 Å². The van der Waals surface area contributed by atoms with Crippen LogP contribution < -0.4 is 15.4 Å². The zero-order valence-electron chi connectivity index (χ0n) is 12.0. The third kappa shape index (κ3) is 3.47. The van der Waals surface area contributed by atoms with Gasteiger partial charge in [0.2, 0.25) is 5.91 Å². The lowest BCUT2D eigenvalue weighted by Gasteiger charge is -2.25. The molecule has 1 heterocycles. The van der Waals surface area contributed by atoms with E-state index in [0.29, 0.717) is 6.61 Å². The Bertz CT molecular complexity index is 465. The van der Waals surface area contributed by atoms with Crippen molar-refractivity contribution in [2.24, 2.45) is 0 Å². The van der Waals surface area contributed by atoms with Crippen molar-refractivity contribution in [1.29, 1.82) is 0 Å². The van der Waals surface area contributed by atoms with Gasteiger partial charge < -0.3 is 10.1 Å². The number of hydrogen-bond donors (Lipinski definition) is 2. The van der Waals surface area contributed by atoms with Gasteiger partial charge in [-0.1, -0.05) is 18.2 Å². The number of nitrogens with one attached hydrogen (secondary N) is 2. The van der Waals surface area contributed by atoms with E-state index in [2.05, 4.69) is 10.6 Å². The van der Waals surface area contributed by atoms with Gasteiger partial charge in [-0.2, -0.15) is 0 Å². The van der Waals surface area contributed by atoms with Gasteiger partial charge in [-0.15, -0.1) is 0 Å². The minimum atomic E-state index is -0.251. The molecule has 0 saturated carbocycles. The number of carbonyl (C=O) groups excluding carboxylic acids is 1. The molecule has 0 aromatic heterocycles. The fraction of sp³-hybridized carbons (Fsp3) is 0.533. The van der Waals surface area contributed by atoms with Gasteiger partial charge in [0.05, 0.1) is 12.1 Å². The van der Waals surface area contributed by atoms with Crippen molar-refractivity contribution >= 4 is 5.91 Å². The second kappa shape index (κ2) is 5.21. The van der Waals surface area contributed by atoms with E-state index in [1.54, 1.807) is 0 Å². The maximum Gasteiger partial charge on any atom is 0.237 e. The van der Waals surface area contributed by atoms with Crippen molar-refractivity contribution < 1.29 is 9.53 Å². The first-order chi connectivity index (χ1) is 8.87. The summed E-state index contributed by atoms with van der Waals surface area (Å²) < 4.78 is 5.60. The number of amides is 1. The topological polar surface area (TPSA) is 50.4 Å². The van der Waals surface area contributed by atoms with Crippen molar-refractivity contribution in [3.8, 4) is 5.75 Å². The summed E-state index contributed by atoms with van der Waals surface area (Å²) in [7, 11) is 0. The van der Waals surface area contributed by atoms with Crippen LogP contribution in [0.2, 0.25) is 0 Å². The average molecular weight is 262 g/mol. The lowest BCUT2D eigenvalue weighted by atomic mass is 10.1. The van der Waals surface area contributed by atoms with E-state index < -0.39 is 0 Å². The lowest BCUT2D eigenvalue weighted by molar-refractivity contribution is -0.124. The molecule has 0 aliphatic carbocycles. The summed E-state index contributed by atoms with van der Waals surface area (Å²) in [6.07, 6.45) is 0. The van der Waals surface area contributed by atoms with Crippen molar-refractivity contribution in [2.75, 3.05) is 6.61 Å². The summed E-state index contributed by atoms with van der Waals surface area (Å²) in [6.45, 7) is 8.39. The van der Waals surface area contributed by atoms with E-state index in [4.69, 9.17) is 4.74 Å². The molecule has 0 radical (unpaired) electrons. The van der Waals surface area contributed by atoms with Crippen LogP contribution in [-0.4, -0.2) is 24.1 Å². The SMILES string of the molecule is CC(NC1COc2ccccc21)C(=O)NC(C)(C)C. The van der Waals surface area contributed by atoms with E-state index >= 15 is 0 Å². The first-order valence-electron chi connectivity index (χ1n) is 6.66. The Morgan fingerprint density at radius 2 is 2.05 bits per heavy atom. The number of ether oxygens (including phenoxy) is 1. The van der Waals surface area contributed by atoms with E-state index in [1.165, 1.54) is 0 Å². The normalized spacial score (nSPS) is 19.5. The van der Waals surface area contributed by atoms with Gasteiger partial charge >= 0.3 is 0 Å². The second-order valence-electron chi connectivity index (χ2n) is 6.03. The summed E-state index contributed by atoms with van der Waals surface area (Å²) in [5.41, 5.74) is 0.912. The Hall–Kier alpha value is -1.55. The standard InChI is InChI=1S/C15H22N2O2/c1-10(14(18)17-15(2,3)4)16-12-9-19-13-8-6-5-7-11(12)13/h5-8,10,12,16H,9H2,1-4H3,(H,17,18). The predicted molar refractivity (Wildman–Crippen MR) is 75.2 cm³/mol. The Balaban J connectivity index is 1.97. The minimum absolute atomic E-state index is 0.0110. The number of carbonyl (C=O) groups is 1. The van der Waals surface area contributed by atoms with Crippen molar-refractivity contribution in [2.45, 2.75) is 45.3 Å². The summed E-state index contributed by atoms with van der Waals surface area (Å²) >= 11 is 0. The molecule has 0 spiro atoms. The van der Waals surface area contributed by atoms with Crippen LogP contribution in [0.4, 0.5) is 0 Å². The van der Waals surface area contributed by atoms with Crippen molar-refractivity contribution in [3.63, 3.8) is 0 Å². The van der Waals surface area contributed by atoms with Crippen LogP contribution in [0.5, 0.6) is 5.75 Å². The van der Waals surface area contributed by atoms with Crippen LogP contribution in [0.25, 0.3) is 0 Å². The van der Waals surface area contributed by atoms with E-state index in [9.17, 15) is 4.79 Å². The molecule has 1 aromatic rings. The molecule has 2 rings (SSSR count). The van der Waals surface area contributed by atoms with Gasteiger partial charge in [-0.05, 0) is 33.8 Å². The first kappa shape index (κ1) is 13.9. The van der Waals surface area contributed by atoms with E-state index in [1.807, 2.05) is 52.0 Å². The molecular formula is C15H22N2O2. The molecule has 19 heavy (non-hydrogen) atoms. The highest BCUT2D eigenvalue weighted by atomic mass is 16.5. The number of para-hydroxylation sites is 1. The molecule has 0 fully saturated rings. The van der Waals surface area contributed by atoms with Gasteiger partial charge in [0.1, 0.15) is 12.4 Å². The maximum absolute atomic E-state index is 12.0. The molecule has 4 nitrogen and oxygen atoms in total. The first-order valence-corrected chi connectivity index (χ1v) is 6.66. The molecule has 1 aliphatic rings. The van der Waals surface area contributed by atoms with Crippen LogP contribution in [0.3, 0.4) is 0 Å². The van der Waals surface area contributed by atoms with Crippen LogP contribution >= 0.6 is 0 Å². The molecule has 1 aromatic carbocycles. The fourth-order valence-electron chi connectivity index (χ4n) is 2.16. The molecule has 1 aliphatic heterocycles. The summed E-state index contributed by atoms with van der Waals surface area (Å²) in [5, 5.41) is 6.29. The van der Waals surface area contributed by atoms with Gasteiger partial charge in [0.25, 0.3) is 0 Å². The van der Waals surface area contributed by atoms with Crippen molar-refractivity contribution in [3.05, 3.63) is 29.8 Å². The smallest absolute Gasteiger partial charge is 0.237 e. The van der Waals surface area contributed by atoms with Crippen LogP contribution in [0.15, 0.2) is 24.3 Å². The molecule has 104 valence electrons. The monoisotopic (exact) mass is 262 g/mol. The third-order valence-electron chi connectivity index (χ3n) is 3.04. The highest BCUT2D eigenvalue weighted by molar-refractivity contribution is 5.82. The molecule has 2 unspecified atom stereocenters. The van der Waals surface area contributed by atoms with Crippen LogP contribution in [0.1, 0.15) is 39.3 Å². The maximum atomic E-state index is 12.0. The number of benzene rings is 1. The van der Waals surface area contributed by atoms with E-state index in [-0.39, 0.29) is 23.5 Å². The molecule has 4 heteroatoms. The Morgan fingerprint density at radius 1 is 1.37 bits per heavy atom. The highest BCUT2D eigenvalue weighted by Crippen LogP contribution is 2.31. The van der Waals surface area contributed by atoms with Crippen LogP contribution in [-0.2, 0) is 4.79 Å². The van der Waals surface area contributed by atoms with Crippen molar-refractivity contribution in [1.82, 2.24) is 10.6 Å². The molecule has 2 atom stereocenters. The molecular weight excluding hydrogens is 240 g/mol. The number of fused-ring (bicyclic) bond motifs is 1. The molecule has 0 saturated heterocycles. The van der Waals surface area contributed by atoms with Gasteiger partial charge in [0, 0.05) is 11.1 Å². The van der Waals surface area contributed by atoms with Gasteiger partial charge in [0.15, 0.2) is 0 Å². The average Bonchev–Trinajstić information content (AvgIpc) is 2.70.